The highest BCUT2D eigenvalue weighted by Gasteiger charge is 2.01. The van der Waals surface area contributed by atoms with E-state index >= 15 is 0 Å². The number of hydrogen-bond donors (Lipinski definition) is 2. The highest BCUT2D eigenvalue weighted by atomic mass is 79.9. The van der Waals surface area contributed by atoms with E-state index in [9.17, 15) is 0 Å². The van der Waals surface area contributed by atoms with E-state index in [1.807, 2.05) is 0 Å². The minimum atomic E-state index is 0.620. The van der Waals surface area contributed by atoms with Crippen molar-refractivity contribution in [1.82, 2.24) is 10.6 Å². The van der Waals surface area contributed by atoms with Gasteiger partial charge in [0.15, 0.2) is 5.96 Å². The molecule has 0 radical (unpaired) electrons. The van der Waals surface area contributed by atoms with Crippen LogP contribution in [0.2, 0.25) is 0 Å². The van der Waals surface area contributed by atoms with E-state index in [0.717, 1.165) is 23.5 Å². The van der Waals surface area contributed by atoms with Crippen molar-refractivity contribution in [2.24, 2.45) is 10.9 Å². The number of nitrogens with zero attached hydrogens (tertiary/aromatic N) is 1. The van der Waals surface area contributed by atoms with Gasteiger partial charge in [-0.1, -0.05) is 13.8 Å². The van der Waals surface area contributed by atoms with Crippen molar-refractivity contribution in [2.45, 2.75) is 20.4 Å². The predicted octanol–water partition coefficient (Wildman–Crippen LogP) is 2.83. The standard InChI is InChI=1S/C11H18BrN3S/c1-8(2)5-14-11(13-3)15-6-10-4-9(12)7-16-10/h4,7-8H,5-6H2,1-3H3,(H2,13,14,15). The lowest BCUT2D eigenvalue weighted by molar-refractivity contribution is 0.615. The van der Waals surface area contributed by atoms with Crippen molar-refractivity contribution in [3.05, 3.63) is 20.8 Å². The first-order chi connectivity index (χ1) is 7.61. The largest absolute Gasteiger partial charge is 0.356 e. The fourth-order valence-corrected chi connectivity index (χ4v) is 2.53. The summed E-state index contributed by atoms with van der Waals surface area (Å²) in [4.78, 5) is 5.46. The molecule has 0 bridgehead atoms. The van der Waals surface area contributed by atoms with Crippen LogP contribution in [0.1, 0.15) is 18.7 Å². The summed E-state index contributed by atoms with van der Waals surface area (Å²) in [5.74, 6) is 1.48. The maximum atomic E-state index is 4.17. The SMILES string of the molecule is CN=C(NCc1cc(Br)cs1)NCC(C)C. The lowest BCUT2D eigenvalue weighted by atomic mass is 10.2. The predicted molar refractivity (Wildman–Crippen MR) is 75.1 cm³/mol. The van der Waals surface area contributed by atoms with E-state index in [1.165, 1.54) is 4.88 Å². The van der Waals surface area contributed by atoms with E-state index < -0.39 is 0 Å². The Bertz CT molecular complexity index is 347. The molecule has 16 heavy (non-hydrogen) atoms. The number of rotatable bonds is 4. The van der Waals surface area contributed by atoms with Gasteiger partial charge in [-0.2, -0.15) is 0 Å². The average molecular weight is 304 g/mol. The molecule has 1 rings (SSSR count). The molecule has 0 spiro atoms. The highest BCUT2D eigenvalue weighted by Crippen LogP contribution is 2.19. The number of halogens is 1. The van der Waals surface area contributed by atoms with E-state index in [0.29, 0.717) is 5.92 Å². The Balaban J connectivity index is 2.34. The fourth-order valence-electron chi connectivity index (χ4n) is 1.14. The fraction of sp³-hybridized carbons (Fsp3) is 0.545. The second-order valence-corrected chi connectivity index (χ2v) is 5.84. The molecule has 0 aliphatic rings. The summed E-state index contributed by atoms with van der Waals surface area (Å²) in [5.41, 5.74) is 0. The van der Waals surface area contributed by atoms with Gasteiger partial charge in [0.25, 0.3) is 0 Å². The summed E-state index contributed by atoms with van der Waals surface area (Å²) in [6, 6.07) is 2.12. The number of thiophene rings is 1. The number of hydrogen-bond acceptors (Lipinski definition) is 2. The smallest absolute Gasteiger partial charge is 0.191 e. The van der Waals surface area contributed by atoms with Crippen LogP contribution in [0, 0.1) is 5.92 Å². The molecule has 3 nitrogen and oxygen atoms in total. The topological polar surface area (TPSA) is 36.4 Å². The van der Waals surface area contributed by atoms with Gasteiger partial charge in [0.05, 0.1) is 6.54 Å². The highest BCUT2D eigenvalue weighted by molar-refractivity contribution is 9.10. The first-order valence-electron chi connectivity index (χ1n) is 5.29. The molecule has 0 atom stereocenters. The Labute approximate surface area is 109 Å². The van der Waals surface area contributed by atoms with Crippen LogP contribution in [-0.4, -0.2) is 19.6 Å². The van der Waals surface area contributed by atoms with Crippen molar-refractivity contribution >= 4 is 33.2 Å². The summed E-state index contributed by atoms with van der Waals surface area (Å²) in [6.45, 7) is 6.11. The third-order valence-corrected chi connectivity index (χ3v) is 3.65. The van der Waals surface area contributed by atoms with Gasteiger partial charge >= 0.3 is 0 Å². The van der Waals surface area contributed by atoms with E-state index in [1.54, 1.807) is 18.4 Å². The maximum absolute atomic E-state index is 4.17. The first kappa shape index (κ1) is 13.5. The summed E-state index contributed by atoms with van der Waals surface area (Å²) in [6.07, 6.45) is 0. The molecule has 0 aliphatic carbocycles. The monoisotopic (exact) mass is 303 g/mol. The molecule has 1 aromatic rings. The number of aliphatic imine (C=N–C) groups is 1. The second kappa shape index (κ2) is 6.91. The molecule has 0 saturated heterocycles. The normalized spacial score (nSPS) is 11.9. The molecule has 1 heterocycles. The van der Waals surface area contributed by atoms with Gasteiger partial charge in [0.2, 0.25) is 0 Å². The molecular formula is C11H18BrN3S. The molecule has 0 aliphatic heterocycles. The summed E-state index contributed by atoms with van der Waals surface area (Å²) in [7, 11) is 1.79. The quantitative estimate of drug-likeness (QED) is 0.663. The zero-order chi connectivity index (χ0) is 12.0. The van der Waals surface area contributed by atoms with Crippen LogP contribution in [0.15, 0.2) is 20.9 Å². The zero-order valence-electron chi connectivity index (χ0n) is 9.88. The zero-order valence-corrected chi connectivity index (χ0v) is 12.3. The maximum Gasteiger partial charge on any atom is 0.191 e. The van der Waals surface area contributed by atoms with Crippen LogP contribution >= 0.6 is 27.3 Å². The number of nitrogens with one attached hydrogen (secondary N) is 2. The summed E-state index contributed by atoms with van der Waals surface area (Å²) < 4.78 is 1.14. The van der Waals surface area contributed by atoms with Gasteiger partial charge in [-0.25, -0.2) is 0 Å². The Morgan fingerprint density at radius 1 is 1.50 bits per heavy atom. The van der Waals surface area contributed by atoms with E-state index in [2.05, 4.69) is 56.8 Å². The minimum absolute atomic E-state index is 0.620. The van der Waals surface area contributed by atoms with Crippen LogP contribution < -0.4 is 10.6 Å². The van der Waals surface area contributed by atoms with Crippen LogP contribution in [0.25, 0.3) is 0 Å². The number of guanidine groups is 1. The molecular weight excluding hydrogens is 286 g/mol. The Morgan fingerprint density at radius 3 is 2.75 bits per heavy atom. The van der Waals surface area contributed by atoms with Gasteiger partial charge in [-0.3, -0.25) is 4.99 Å². The average Bonchev–Trinajstić information content (AvgIpc) is 2.64. The van der Waals surface area contributed by atoms with Gasteiger partial charge in [-0.15, -0.1) is 11.3 Å². The van der Waals surface area contributed by atoms with E-state index in [4.69, 9.17) is 0 Å². The summed E-state index contributed by atoms with van der Waals surface area (Å²) >= 11 is 5.18. The van der Waals surface area contributed by atoms with Crippen LogP contribution in [0.4, 0.5) is 0 Å². The van der Waals surface area contributed by atoms with Crippen molar-refractivity contribution in [1.29, 1.82) is 0 Å². The summed E-state index contributed by atoms with van der Waals surface area (Å²) in [5, 5.41) is 8.65. The first-order valence-corrected chi connectivity index (χ1v) is 6.96. The Morgan fingerprint density at radius 2 is 2.25 bits per heavy atom. The molecule has 0 unspecified atom stereocenters. The molecule has 1 aromatic heterocycles. The third kappa shape index (κ3) is 4.99. The van der Waals surface area contributed by atoms with Gasteiger partial charge in [-0.05, 0) is 27.9 Å². The molecule has 2 N–H and O–H groups in total. The third-order valence-electron chi connectivity index (χ3n) is 1.95. The van der Waals surface area contributed by atoms with Crippen LogP contribution in [0.5, 0.6) is 0 Å². The lowest BCUT2D eigenvalue weighted by Crippen LogP contribution is -2.38. The van der Waals surface area contributed by atoms with Crippen molar-refractivity contribution in [2.75, 3.05) is 13.6 Å². The second-order valence-electron chi connectivity index (χ2n) is 3.93. The van der Waals surface area contributed by atoms with Crippen LogP contribution in [0.3, 0.4) is 0 Å². The molecule has 90 valence electrons. The van der Waals surface area contributed by atoms with Crippen molar-refractivity contribution in [3.8, 4) is 0 Å². The molecule has 0 aromatic carbocycles. The van der Waals surface area contributed by atoms with Gasteiger partial charge in [0, 0.05) is 28.3 Å². The Kier molecular flexibility index (Phi) is 5.84. The molecule has 0 amide bonds. The van der Waals surface area contributed by atoms with E-state index in [-0.39, 0.29) is 0 Å². The molecule has 5 heteroatoms. The van der Waals surface area contributed by atoms with Crippen molar-refractivity contribution < 1.29 is 0 Å². The lowest BCUT2D eigenvalue weighted by Gasteiger charge is -2.12. The van der Waals surface area contributed by atoms with Gasteiger partial charge < -0.3 is 10.6 Å². The van der Waals surface area contributed by atoms with Gasteiger partial charge in [0.1, 0.15) is 0 Å². The van der Waals surface area contributed by atoms with Crippen molar-refractivity contribution in [3.63, 3.8) is 0 Å². The Hall–Kier alpha value is -0.550. The minimum Gasteiger partial charge on any atom is -0.356 e. The molecule has 0 saturated carbocycles. The molecule has 0 fully saturated rings. The van der Waals surface area contributed by atoms with Crippen LogP contribution in [-0.2, 0) is 6.54 Å².